The third kappa shape index (κ3) is 4.19. The van der Waals surface area contributed by atoms with Crippen LogP contribution in [0.25, 0.3) is 0 Å². The Balaban J connectivity index is 2.22. The highest BCUT2D eigenvalue weighted by Crippen LogP contribution is 2.18. The quantitative estimate of drug-likeness (QED) is 0.905. The molecule has 2 aromatic rings. The van der Waals surface area contributed by atoms with Crippen LogP contribution in [0.2, 0.25) is 0 Å². The van der Waals surface area contributed by atoms with Gasteiger partial charge < -0.3 is 9.73 Å². The van der Waals surface area contributed by atoms with E-state index in [1.807, 2.05) is 0 Å². The van der Waals surface area contributed by atoms with Gasteiger partial charge in [0.2, 0.25) is 10.0 Å². The maximum atomic E-state index is 12.3. The minimum absolute atomic E-state index is 0.0902. The molecule has 0 saturated heterocycles. The van der Waals surface area contributed by atoms with Crippen LogP contribution >= 0.6 is 0 Å². The standard InChI is InChI=1S/C15H18N2O4S/c1-15(2,3)17-22(19,20)13-6-4-5-12(9-13)16-14(18)11-7-8-21-10-11/h4-10,17H,1-3H3,(H,16,18). The minimum atomic E-state index is -3.65. The lowest BCUT2D eigenvalue weighted by Gasteiger charge is -2.20. The van der Waals surface area contributed by atoms with E-state index in [4.69, 9.17) is 4.42 Å². The maximum Gasteiger partial charge on any atom is 0.258 e. The molecule has 0 aliphatic heterocycles. The number of carbonyl (C=O) groups is 1. The van der Waals surface area contributed by atoms with Crippen LogP contribution < -0.4 is 10.0 Å². The lowest BCUT2D eigenvalue weighted by atomic mass is 10.1. The van der Waals surface area contributed by atoms with Crippen molar-refractivity contribution in [1.29, 1.82) is 0 Å². The maximum absolute atomic E-state index is 12.3. The molecule has 0 spiro atoms. The molecular weight excluding hydrogens is 304 g/mol. The van der Waals surface area contributed by atoms with E-state index in [1.54, 1.807) is 32.9 Å². The Kier molecular flexibility index (Phi) is 4.39. The molecular formula is C15H18N2O4S. The number of carbonyl (C=O) groups excluding carboxylic acids is 1. The molecule has 118 valence electrons. The molecule has 0 aliphatic carbocycles. The topological polar surface area (TPSA) is 88.4 Å². The van der Waals surface area contributed by atoms with Gasteiger partial charge in [-0.15, -0.1) is 0 Å². The van der Waals surface area contributed by atoms with Gasteiger partial charge in [0.15, 0.2) is 0 Å². The summed E-state index contributed by atoms with van der Waals surface area (Å²) in [6, 6.07) is 7.60. The van der Waals surface area contributed by atoms with Crippen molar-refractivity contribution < 1.29 is 17.6 Å². The number of anilines is 1. The molecule has 0 saturated carbocycles. The van der Waals surface area contributed by atoms with E-state index in [0.29, 0.717) is 11.3 Å². The number of benzene rings is 1. The van der Waals surface area contributed by atoms with Crippen molar-refractivity contribution in [2.24, 2.45) is 0 Å². The summed E-state index contributed by atoms with van der Waals surface area (Å²) in [4.78, 5) is 12.0. The number of amides is 1. The van der Waals surface area contributed by atoms with Crippen LogP contribution in [0.1, 0.15) is 31.1 Å². The van der Waals surface area contributed by atoms with Crippen molar-refractivity contribution in [2.45, 2.75) is 31.2 Å². The van der Waals surface area contributed by atoms with Gasteiger partial charge in [-0.3, -0.25) is 4.79 Å². The number of furan rings is 1. The third-order valence-corrected chi connectivity index (χ3v) is 4.38. The highest BCUT2D eigenvalue weighted by molar-refractivity contribution is 7.89. The van der Waals surface area contributed by atoms with Crippen LogP contribution in [0.15, 0.2) is 52.2 Å². The molecule has 1 aromatic carbocycles. The van der Waals surface area contributed by atoms with Crippen molar-refractivity contribution in [1.82, 2.24) is 4.72 Å². The van der Waals surface area contributed by atoms with E-state index in [9.17, 15) is 13.2 Å². The Hall–Kier alpha value is -2.12. The van der Waals surface area contributed by atoms with E-state index in [2.05, 4.69) is 10.0 Å². The van der Waals surface area contributed by atoms with Gasteiger partial charge in [-0.05, 0) is 45.0 Å². The van der Waals surface area contributed by atoms with E-state index >= 15 is 0 Å². The largest absolute Gasteiger partial charge is 0.472 e. The monoisotopic (exact) mass is 322 g/mol. The number of hydrogen-bond donors (Lipinski definition) is 2. The van der Waals surface area contributed by atoms with Gasteiger partial charge in [0.05, 0.1) is 16.7 Å². The molecule has 0 fully saturated rings. The lowest BCUT2D eigenvalue weighted by Crippen LogP contribution is -2.40. The van der Waals surface area contributed by atoms with Gasteiger partial charge in [0.1, 0.15) is 6.26 Å². The Morgan fingerprint density at radius 1 is 1.18 bits per heavy atom. The SMILES string of the molecule is CC(C)(C)NS(=O)(=O)c1cccc(NC(=O)c2ccoc2)c1. The molecule has 6 nitrogen and oxygen atoms in total. The summed E-state index contributed by atoms with van der Waals surface area (Å²) in [6.07, 6.45) is 2.71. The molecule has 0 radical (unpaired) electrons. The molecule has 0 atom stereocenters. The van der Waals surface area contributed by atoms with Crippen molar-refractivity contribution in [3.8, 4) is 0 Å². The van der Waals surface area contributed by atoms with Crippen molar-refractivity contribution >= 4 is 21.6 Å². The molecule has 2 rings (SSSR count). The number of rotatable bonds is 4. The Labute approximate surface area is 129 Å². The second kappa shape index (κ2) is 5.94. The summed E-state index contributed by atoms with van der Waals surface area (Å²) in [5.41, 5.74) is 0.165. The van der Waals surface area contributed by atoms with Crippen LogP contribution in [0.5, 0.6) is 0 Å². The van der Waals surface area contributed by atoms with E-state index < -0.39 is 15.6 Å². The molecule has 0 unspecified atom stereocenters. The smallest absolute Gasteiger partial charge is 0.258 e. The Morgan fingerprint density at radius 3 is 2.50 bits per heavy atom. The molecule has 0 bridgehead atoms. The van der Waals surface area contributed by atoms with E-state index in [0.717, 1.165) is 0 Å². The van der Waals surface area contributed by atoms with Crippen LogP contribution in [0.3, 0.4) is 0 Å². The summed E-state index contributed by atoms with van der Waals surface area (Å²) in [7, 11) is -3.65. The van der Waals surface area contributed by atoms with Crippen LogP contribution in [0.4, 0.5) is 5.69 Å². The fourth-order valence-corrected chi connectivity index (χ4v) is 3.26. The fraction of sp³-hybridized carbons (Fsp3) is 0.267. The second-order valence-electron chi connectivity index (χ2n) is 5.85. The van der Waals surface area contributed by atoms with Gasteiger partial charge in [-0.25, -0.2) is 13.1 Å². The van der Waals surface area contributed by atoms with Crippen molar-refractivity contribution in [3.63, 3.8) is 0 Å². The first kappa shape index (κ1) is 16.3. The average Bonchev–Trinajstić information content (AvgIpc) is 2.90. The average molecular weight is 322 g/mol. The Morgan fingerprint density at radius 2 is 1.91 bits per heavy atom. The lowest BCUT2D eigenvalue weighted by molar-refractivity contribution is 0.102. The van der Waals surface area contributed by atoms with E-state index in [1.165, 1.54) is 30.7 Å². The first-order chi connectivity index (χ1) is 10.2. The van der Waals surface area contributed by atoms with Gasteiger partial charge >= 0.3 is 0 Å². The zero-order valence-electron chi connectivity index (χ0n) is 12.6. The molecule has 1 heterocycles. The summed E-state index contributed by atoms with van der Waals surface area (Å²) >= 11 is 0. The molecule has 22 heavy (non-hydrogen) atoms. The van der Waals surface area contributed by atoms with Crippen molar-refractivity contribution in [2.75, 3.05) is 5.32 Å². The molecule has 1 aromatic heterocycles. The summed E-state index contributed by atoms with van der Waals surface area (Å²) < 4.78 is 32.0. The van der Waals surface area contributed by atoms with Gasteiger partial charge in [-0.1, -0.05) is 6.07 Å². The number of sulfonamides is 1. The summed E-state index contributed by atoms with van der Waals surface area (Å²) in [6.45, 7) is 5.28. The number of nitrogens with one attached hydrogen (secondary N) is 2. The van der Waals surface area contributed by atoms with E-state index in [-0.39, 0.29) is 10.8 Å². The summed E-state index contributed by atoms with van der Waals surface area (Å²) in [5, 5.41) is 2.63. The summed E-state index contributed by atoms with van der Waals surface area (Å²) in [5.74, 6) is -0.368. The van der Waals surface area contributed by atoms with Crippen LogP contribution in [0, 0.1) is 0 Å². The zero-order chi connectivity index (χ0) is 16.4. The van der Waals surface area contributed by atoms with Gasteiger partial charge in [0, 0.05) is 11.2 Å². The minimum Gasteiger partial charge on any atom is -0.472 e. The van der Waals surface area contributed by atoms with Gasteiger partial charge in [0.25, 0.3) is 5.91 Å². The third-order valence-electron chi connectivity index (χ3n) is 2.63. The molecule has 1 amide bonds. The molecule has 2 N–H and O–H groups in total. The second-order valence-corrected chi connectivity index (χ2v) is 7.53. The normalized spacial score (nSPS) is 12.1. The first-order valence-corrected chi connectivity index (χ1v) is 8.13. The predicted molar refractivity (Wildman–Crippen MR) is 83.2 cm³/mol. The molecule has 0 aliphatic rings. The van der Waals surface area contributed by atoms with Crippen LogP contribution in [-0.2, 0) is 10.0 Å². The first-order valence-electron chi connectivity index (χ1n) is 6.65. The number of hydrogen-bond acceptors (Lipinski definition) is 4. The van der Waals surface area contributed by atoms with Gasteiger partial charge in [-0.2, -0.15) is 0 Å². The molecule has 7 heteroatoms. The zero-order valence-corrected chi connectivity index (χ0v) is 13.4. The Bertz CT molecular complexity index is 759. The highest BCUT2D eigenvalue weighted by Gasteiger charge is 2.22. The van der Waals surface area contributed by atoms with Crippen molar-refractivity contribution in [3.05, 3.63) is 48.4 Å². The fourth-order valence-electron chi connectivity index (χ4n) is 1.80. The van der Waals surface area contributed by atoms with Crippen LogP contribution in [-0.4, -0.2) is 19.9 Å². The predicted octanol–water partition coefficient (Wildman–Crippen LogP) is 2.61. The highest BCUT2D eigenvalue weighted by atomic mass is 32.2.